The largest absolute Gasteiger partial charge is 0.331 e. The number of rotatable bonds is 3. The first-order valence-corrected chi connectivity index (χ1v) is 7.23. The third kappa shape index (κ3) is 2.82. The van der Waals surface area contributed by atoms with E-state index in [1.165, 1.54) is 0 Å². The monoisotopic (exact) mass is 335 g/mol. The van der Waals surface area contributed by atoms with Crippen molar-refractivity contribution >= 4 is 27.6 Å². The summed E-state index contributed by atoms with van der Waals surface area (Å²) in [5.74, 6) is 1.82. The summed E-state index contributed by atoms with van der Waals surface area (Å²) in [6.07, 6.45) is 2.07. The van der Waals surface area contributed by atoms with E-state index in [0.29, 0.717) is 6.54 Å². The van der Waals surface area contributed by atoms with Crippen LogP contribution in [0.25, 0.3) is 0 Å². The number of anilines is 1. The maximum absolute atomic E-state index is 11.8. The van der Waals surface area contributed by atoms with E-state index in [2.05, 4.69) is 41.3 Å². The molecule has 6 nitrogen and oxygen atoms in total. The van der Waals surface area contributed by atoms with Crippen LogP contribution in [0.5, 0.6) is 0 Å². The highest BCUT2D eigenvalue weighted by molar-refractivity contribution is 9.10. The maximum atomic E-state index is 11.8. The van der Waals surface area contributed by atoms with Crippen LogP contribution in [0.3, 0.4) is 0 Å². The Kier molecular flexibility index (Phi) is 3.68. The molecule has 0 bridgehead atoms. The molecule has 3 rings (SSSR count). The minimum atomic E-state index is -0.251. The molecule has 0 unspecified atom stereocenters. The van der Waals surface area contributed by atoms with Gasteiger partial charge in [-0.1, -0.05) is 22.0 Å². The van der Waals surface area contributed by atoms with E-state index in [9.17, 15) is 4.79 Å². The first-order chi connectivity index (χ1) is 9.72. The van der Waals surface area contributed by atoms with Gasteiger partial charge in [0.05, 0.1) is 6.54 Å². The number of aromatic nitrogens is 3. The predicted molar refractivity (Wildman–Crippen MR) is 78.3 cm³/mol. The van der Waals surface area contributed by atoms with Crippen LogP contribution in [-0.2, 0) is 19.5 Å². The second-order valence-corrected chi connectivity index (χ2v) is 5.52. The summed E-state index contributed by atoms with van der Waals surface area (Å²) in [6, 6.07) is 7.19. The third-order valence-corrected chi connectivity index (χ3v) is 3.67. The number of carbonyl (C=O) groups is 1. The maximum Gasteiger partial charge on any atom is 0.319 e. The first-order valence-electron chi connectivity index (χ1n) is 6.44. The van der Waals surface area contributed by atoms with Gasteiger partial charge in [0, 0.05) is 23.1 Å². The van der Waals surface area contributed by atoms with Gasteiger partial charge in [0.15, 0.2) is 5.82 Å². The Labute approximate surface area is 124 Å². The molecule has 2 N–H and O–H groups in total. The summed E-state index contributed by atoms with van der Waals surface area (Å²) < 4.78 is 2.99. The van der Waals surface area contributed by atoms with Gasteiger partial charge >= 0.3 is 6.03 Å². The normalized spacial score (nSPS) is 13.1. The molecule has 0 radical (unpaired) electrons. The molecule has 1 aliphatic rings. The van der Waals surface area contributed by atoms with Crippen molar-refractivity contribution in [3.8, 4) is 0 Å². The van der Waals surface area contributed by atoms with E-state index in [-0.39, 0.29) is 6.03 Å². The Morgan fingerprint density at radius 3 is 3.15 bits per heavy atom. The number of carbonyl (C=O) groups excluding carboxylic acids is 1. The van der Waals surface area contributed by atoms with Crippen molar-refractivity contribution in [2.75, 3.05) is 5.32 Å². The van der Waals surface area contributed by atoms with Crippen LogP contribution in [0.2, 0.25) is 0 Å². The number of nitrogens with zero attached hydrogens (tertiary/aromatic N) is 3. The molecule has 7 heteroatoms. The van der Waals surface area contributed by atoms with E-state index in [1.807, 2.05) is 24.3 Å². The number of hydrogen-bond acceptors (Lipinski definition) is 3. The lowest BCUT2D eigenvalue weighted by molar-refractivity contribution is 0.251. The number of amides is 2. The quantitative estimate of drug-likeness (QED) is 0.904. The number of hydrogen-bond donors (Lipinski definition) is 2. The summed E-state index contributed by atoms with van der Waals surface area (Å²) in [7, 11) is 0. The molecule has 1 aliphatic heterocycles. The van der Waals surface area contributed by atoms with Crippen LogP contribution >= 0.6 is 15.9 Å². The Bertz CT molecular complexity index is 639. The molecule has 104 valence electrons. The van der Waals surface area contributed by atoms with Gasteiger partial charge in [-0.2, -0.15) is 0 Å². The van der Waals surface area contributed by atoms with Gasteiger partial charge in [-0.25, -0.2) is 4.79 Å². The van der Waals surface area contributed by atoms with Gasteiger partial charge in [0.2, 0.25) is 0 Å². The highest BCUT2D eigenvalue weighted by Crippen LogP contribution is 2.16. The lowest BCUT2D eigenvalue weighted by Crippen LogP contribution is -2.29. The highest BCUT2D eigenvalue weighted by Gasteiger charge is 2.17. The topological polar surface area (TPSA) is 71.8 Å². The number of halogens is 1. The molecule has 0 spiro atoms. The van der Waals surface area contributed by atoms with Crippen LogP contribution in [-0.4, -0.2) is 20.8 Å². The molecule has 0 atom stereocenters. The van der Waals surface area contributed by atoms with Gasteiger partial charge in [0.1, 0.15) is 5.82 Å². The molecule has 0 saturated carbocycles. The zero-order chi connectivity index (χ0) is 13.9. The van der Waals surface area contributed by atoms with Crippen molar-refractivity contribution in [3.63, 3.8) is 0 Å². The summed E-state index contributed by atoms with van der Waals surface area (Å²) in [6.45, 7) is 1.32. The van der Waals surface area contributed by atoms with Crippen LogP contribution in [0.15, 0.2) is 28.7 Å². The molecule has 0 aliphatic carbocycles. The highest BCUT2D eigenvalue weighted by atomic mass is 79.9. The third-order valence-electron chi connectivity index (χ3n) is 3.18. The van der Waals surface area contributed by atoms with E-state index in [1.54, 1.807) is 0 Å². The predicted octanol–water partition coefficient (Wildman–Crippen LogP) is 2.31. The molecule has 20 heavy (non-hydrogen) atoms. The van der Waals surface area contributed by atoms with E-state index >= 15 is 0 Å². The Hall–Kier alpha value is -1.89. The fraction of sp³-hybridized carbons (Fsp3) is 0.308. The van der Waals surface area contributed by atoms with Gasteiger partial charge in [-0.05, 0) is 24.6 Å². The van der Waals surface area contributed by atoms with Crippen molar-refractivity contribution in [2.45, 2.75) is 25.9 Å². The lowest BCUT2D eigenvalue weighted by Gasteiger charge is -2.08. The second kappa shape index (κ2) is 5.62. The molecule has 2 aromatic rings. The number of benzene rings is 1. The van der Waals surface area contributed by atoms with E-state index < -0.39 is 0 Å². The van der Waals surface area contributed by atoms with Gasteiger partial charge in [-0.15, -0.1) is 10.2 Å². The number of urea groups is 1. The lowest BCUT2D eigenvalue weighted by atomic mass is 10.3. The van der Waals surface area contributed by atoms with Crippen molar-refractivity contribution in [2.24, 2.45) is 0 Å². The second-order valence-electron chi connectivity index (χ2n) is 4.61. The fourth-order valence-electron chi connectivity index (χ4n) is 2.24. The number of fused-ring (bicyclic) bond motifs is 1. The van der Waals surface area contributed by atoms with Crippen LogP contribution in [0.1, 0.15) is 18.1 Å². The molecule has 1 aromatic carbocycles. The zero-order valence-corrected chi connectivity index (χ0v) is 12.4. The minimum Gasteiger partial charge on any atom is -0.331 e. The van der Waals surface area contributed by atoms with E-state index in [0.717, 1.165) is 41.2 Å². The fourth-order valence-corrected chi connectivity index (χ4v) is 2.64. The summed E-state index contributed by atoms with van der Waals surface area (Å²) in [4.78, 5) is 11.8. The molecular weight excluding hydrogens is 322 g/mol. The summed E-state index contributed by atoms with van der Waals surface area (Å²) in [5, 5.41) is 13.8. The number of nitrogens with one attached hydrogen (secondary N) is 2. The van der Waals surface area contributed by atoms with Gasteiger partial charge in [0.25, 0.3) is 0 Å². The molecular formula is C13H14BrN5O. The van der Waals surface area contributed by atoms with E-state index in [4.69, 9.17) is 0 Å². The standard InChI is InChI=1S/C13H14BrN5O/c14-9-3-1-4-10(7-9)16-13(20)15-8-12-18-17-11-5-2-6-19(11)12/h1,3-4,7H,2,5-6,8H2,(H2,15,16,20). The summed E-state index contributed by atoms with van der Waals surface area (Å²) >= 11 is 3.36. The molecule has 0 fully saturated rings. The van der Waals surface area contributed by atoms with Crippen molar-refractivity contribution in [1.29, 1.82) is 0 Å². The molecule has 1 aromatic heterocycles. The van der Waals surface area contributed by atoms with Crippen LogP contribution in [0.4, 0.5) is 10.5 Å². The SMILES string of the molecule is O=C(NCc1nnc2n1CCC2)Nc1cccc(Br)c1. The average molecular weight is 336 g/mol. The van der Waals surface area contributed by atoms with Gasteiger partial charge in [-0.3, -0.25) is 0 Å². The molecule has 2 heterocycles. The Morgan fingerprint density at radius 2 is 2.30 bits per heavy atom. The number of aryl methyl sites for hydroxylation is 1. The van der Waals surface area contributed by atoms with Crippen molar-refractivity contribution in [3.05, 3.63) is 40.4 Å². The molecule has 0 saturated heterocycles. The average Bonchev–Trinajstić information content (AvgIpc) is 2.99. The smallest absolute Gasteiger partial charge is 0.319 e. The summed E-state index contributed by atoms with van der Waals surface area (Å²) in [5.41, 5.74) is 0.739. The van der Waals surface area contributed by atoms with Crippen molar-refractivity contribution < 1.29 is 4.79 Å². The van der Waals surface area contributed by atoms with Crippen LogP contribution in [0, 0.1) is 0 Å². The zero-order valence-electron chi connectivity index (χ0n) is 10.8. The minimum absolute atomic E-state index is 0.251. The Balaban J connectivity index is 1.57. The van der Waals surface area contributed by atoms with Crippen LogP contribution < -0.4 is 10.6 Å². The van der Waals surface area contributed by atoms with Crippen molar-refractivity contribution in [1.82, 2.24) is 20.1 Å². The molecule has 2 amide bonds. The Morgan fingerprint density at radius 1 is 1.40 bits per heavy atom. The van der Waals surface area contributed by atoms with Gasteiger partial charge < -0.3 is 15.2 Å². The first kappa shape index (κ1) is 13.1.